The van der Waals surface area contributed by atoms with Crippen molar-refractivity contribution in [1.82, 2.24) is 9.97 Å². The standard InChI is InChI=1S/C21H16ClFN2O5S/c1-12-7-8-18(15(9-12)13(2)26)30-20(27)19-16(22)10-24-21(25-19)31(28,29)11-14-5-3-4-6-17(14)23/h3-10H,11H2,1-2H3. The van der Waals surface area contributed by atoms with Crippen LogP contribution in [0.5, 0.6) is 5.75 Å². The van der Waals surface area contributed by atoms with Crippen molar-refractivity contribution >= 4 is 33.2 Å². The second kappa shape index (κ2) is 8.91. The number of sulfone groups is 1. The molecule has 10 heteroatoms. The van der Waals surface area contributed by atoms with E-state index in [1.165, 1.54) is 31.2 Å². The van der Waals surface area contributed by atoms with E-state index in [4.69, 9.17) is 16.3 Å². The minimum absolute atomic E-state index is 0.0199. The number of hydrogen-bond donors (Lipinski definition) is 0. The van der Waals surface area contributed by atoms with Crippen molar-refractivity contribution in [3.63, 3.8) is 0 Å². The van der Waals surface area contributed by atoms with E-state index in [2.05, 4.69) is 9.97 Å². The van der Waals surface area contributed by atoms with Gasteiger partial charge >= 0.3 is 5.97 Å². The summed E-state index contributed by atoms with van der Waals surface area (Å²) in [7, 11) is -4.19. The van der Waals surface area contributed by atoms with Crippen LogP contribution >= 0.6 is 11.6 Å². The summed E-state index contributed by atoms with van der Waals surface area (Å²) in [6, 6.07) is 10.0. The smallest absolute Gasteiger partial charge is 0.364 e. The monoisotopic (exact) mass is 462 g/mol. The number of aromatic nitrogens is 2. The van der Waals surface area contributed by atoms with E-state index >= 15 is 0 Å². The summed E-state index contributed by atoms with van der Waals surface area (Å²) in [5, 5.41) is -0.950. The zero-order chi connectivity index (χ0) is 22.8. The Morgan fingerprint density at radius 1 is 1.16 bits per heavy atom. The number of carbonyl (C=O) groups is 2. The van der Waals surface area contributed by atoms with Gasteiger partial charge in [0.1, 0.15) is 11.6 Å². The third-order valence-corrected chi connectivity index (χ3v) is 5.93. The fourth-order valence-electron chi connectivity index (χ4n) is 2.68. The molecule has 31 heavy (non-hydrogen) atoms. The molecule has 0 fully saturated rings. The summed E-state index contributed by atoms with van der Waals surface area (Å²) in [6.45, 7) is 3.09. The van der Waals surface area contributed by atoms with Crippen molar-refractivity contribution in [3.8, 4) is 5.75 Å². The molecule has 0 aliphatic rings. The van der Waals surface area contributed by atoms with Gasteiger partial charge in [-0.15, -0.1) is 0 Å². The molecular weight excluding hydrogens is 447 g/mol. The molecule has 0 atom stereocenters. The van der Waals surface area contributed by atoms with Gasteiger partial charge in [-0.25, -0.2) is 27.6 Å². The molecule has 2 aromatic carbocycles. The number of carbonyl (C=O) groups excluding carboxylic acids is 2. The largest absolute Gasteiger partial charge is 0.421 e. The van der Waals surface area contributed by atoms with Crippen LogP contribution in [0.1, 0.15) is 38.9 Å². The molecule has 0 spiro atoms. The van der Waals surface area contributed by atoms with Crippen molar-refractivity contribution in [2.45, 2.75) is 24.8 Å². The van der Waals surface area contributed by atoms with Crippen molar-refractivity contribution < 1.29 is 27.1 Å². The molecular formula is C21H16ClFN2O5S. The van der Waals surface area contributed by atoms with Crippen molar-refractivity contribution in [2.24, 2.45) is 0 Å². The predicted molar refractivity (Wildman–Crippen MR) is 110 cm³/mol. The van der Waals surface area contributed by atoms with Gasteiger partial charge in [0.15, 0.2) is 11.5 Å². The molecule has 0 radical (unpaired) electrons. The molecule has 0 unspecified atom stereocenters. The summed E-state index contributed by atoms with van der Waals surface area (Å²) in [5.74, 6) is -2.82. The van der Waals surface area contributed by atoms with Crippen LogP contribution in [0.2, 0.25) is 5.02 Å². The van der Waals surface area contributed by atoms with Crippen LogP contribution in [0.3, 0.4) is 0 Å². The Morgan fingerprint density at radius 3 is 2.55 bits per heavy atom. The van der Waals surface area contributed by atoms with Gasteiger partial charge in [0, 0.05) is 5.56 Å². The topological polar surface area (TPSA) is 103 Å². The highest BCUT2D eigenvalue weighted by Crippen LogP contribution is 2.24. The van der Waals surface area contributed by atoms with E-state index < -0.39 is 38.2 Å². The number of nitrogens with zero attached hydrogens (tertiary/aromatic N) is 2. The maximum absolute atomic E-state index is 13.9. The summed E-state index contributed by atoms with van der Waals surface area (Å²) < 4.78 is 44.4. The Hall–Kier alpha value is -3.17. The van der Waals surface area contributed by atoms with E-state index in [9.17, 15) is 22.4 Å². The van der Waals surface area contributed by atoms with Gasteiger partial charge in [-0.1, -0.05) is 41.4 Å². The number of halogens is 2. The lowest BCUT2D eigenvalue weighted by Crippen LogP contribution is -2.17. The van der Waals surface area contributed by atoms with E-state index in [0.717, 1.165) is 17.8 Å². The average molecular weight is 463 g/mol. The first-order valence-electron chi connectivity index (χ1n) is 8.91. The molecule has 1 heterocycles. The third kappa shape index (κ3) is 5.12. The quantitative estimate of drug-likeness (QED) is 0.236. The number of ketones is 1. The van der Waals surface area contributed by atoms with Gasteiger partial charge in [-0.2, -0.15) is 0 Å². The molecule has 0 N–H and O–H groups in total. The minimum Gasteiger partial charge on any atom is -0.421 e. The Kier molecular flexibility index (Phi) is 6.47. The zero-order valence-corrected chi connectivity index (χ0v) is 18.0. The van der Waals surface area contributed by atoms with Crippen LogP contribution in [-0.2, 0) is 15.6 Å². The molecule has 0 amide bonds. The number of ether oxygens (including phenoxy) is 1. The molecule has 3 aromatic rings. The van der Waals surface area contributed by atoms with Gasteiger partial charge in [0.25, 0.3) is 0 Å². The summed E-state index contributed by atoms with van der Waals surface area (Å²) >= 11 is 5.97. The van der Waals surface area contributed by atoms with E-state index in [1.807, 2.05) is 0 Å². The number of benzene rings is 2. The molecule has 0 bridgehead atoms. The lowest BCUT2D eigenvalue weighted by molar-refractivity contribution is 0.0725. The second-order valence-corrected chi connectivity index (χ2v) is 8.94. The maximum atomic E-state index is 13.9. The average Bonchev–Trinajstić information content (AvgIpc) is 2.71. The van der Waals surface area contributed by atoms with Gasteiger partial charge in [0.05, 0.1) is 22.5 Å². The molecule has 0 saturated heterocycles. The molecule has 7 nitrogen and oxygen atoms in total. The van der Waals surface area contributed by atoms with Crippen LogP contribution in [0.4, 0.5) is 4.39 Å². The number of hydrogen-bond acceptors (Lipinski definition) is 7. The van der Waals surface area contributed by atoms with Crippen LogP contribution in [0.25, 0.3) is 0 Å². The first kappa shape index (κ1) is 22.5. The van der Waals surface area contributed by atoms with E-state index in [0.29, 0.717) is 0 Å². The van der Waals surface area contributed by atoms with Crippen molar-refractivity contribution in [1.29, 1.82) is 0 Å². The van der Waals surface area contributed by atoms with Gasteiger partial charge in [0.2, 0.25) is 15.0 Å². The lowest BCUT2D eigenvalue weighted by Gasteiger charge is -2.10. The molecule has 0 aliphatic heterocycles. The Bertz CT molecular complexity index is 1290. The number of rotatable bonds is 6. The van der Waals surface area contributed by atoms with Crippen LogP contribution in [-0.4, -0.2) is 30.1 Å². The highest BCUT2D eigenvalue weighted by Gasteiger charge is 2.25. The molecule has 3 rings (SSSR count). The normalized spacial score (nSPS) is 11.2. The number of aryl methyl sites for hydroxylation is 1. The number of esters is 1. The zero-order valence-electron chi connectivity index (χ0n) is 16.4. The second-order valence-electron chi connectivity index (χ2n) is 6.64. The van der Waals surface area contributed by atoms with E-state index in [-0.39, 0.29) is 27.7 Å². The molecule has 0 aliphatic carbocycles. The predicted octanol–water partition coefficient (Wildman–Crippen LogP) is 3.97. The van der Waals surface area contributed by atoms with Gasteiger partial charge in [-0.05, 0) is 32.0 Å². The van der Waals surface area contributed by atoms with Crippen LogP contribution < -0.4 is 4.74 Å². The maximum Gasteiger partial charge on any atom is 0.364 e. The number of Topliss-reactive ketones (excluding diaryl/α,β-unsaturated/α-hetero) is 1. The Balaban J connectivity index is 1.93. The van der Waals surface area contributed by atoms with Crippen molar-refractivity contribution in [2.75, 3.05) is 0 Å². The molecule has 1 aromatic heterocycles. The highest BCUT2D eigenvalue weighted by molar-refractivity contribution is 7.90. The van der Waals surface area contributed by atoms with E-state index in [1.54, 1.807) is 19.1 Å². The first-order chi connectivity index (χ1) is 14.6. The van der Waals surface area contributed by atoms with Crippen LogP contribution in [0.15, 0.2) is 53.8 Å². The minimum atomic E-state index is -4.19. The van der Waals surface area contributed by atoms with Gasteiger partial charge in [-0.3, -0.25) is 4.79 Å². The highest BCUT2D eigenvalue weighted by atomic mass is 35.5. The SMILES string of the molecule is CC(=O)c1cc(C)ccc1OC(=O)c1nc(S(=O)(=O)Cc2ccccc2F)ncc1Cl. The summed E-state index contributed by atoms with van der Waals surface area (Å²) in [6.07, 6.45) is 0.945. The van der Waals surface area contributed by atoms with Crippen molar-refractivity contribution in [3.05, 3.63) is 81.9 Å². The van der Waals surface area contributed by atoms with Gasteiger partial charge < -0.3 is 4.74 Å². The Morgan fingerprint density at radius 2 is 1.87 bits per heavy atom. The summed E-state index contributed by atoms with van der Waals surface area (Å²) in [4.78, 5) is 31.9. The molecule has 160 valence electrons. The summed E-state index contributed by atoms with van der Waals surface area (Å²) in [5.41, 5.74) is 0.382. The fourth-order valence-corrected chi connectivity index (χ4v) is 4.07. The van der Waals surface area contributed by atoms with Crippen LogP contribution in [0, 0.1) is 12.7 Å². The lowest BCUT2D eigenvalue weighted by atomic mass is 10.1. The first-order valence-corrected chi connectivity index (χ1v) is 10.9. The fraction of sp³-hybridized carbons (Fsp3) is 0.143. The third-order valence-electron chi connectivity index (χ3n) is 4.21. The molecule has 0 saturated carbocycles. The Labute approximate surface area is 182 Å².